The maximum atomic E-state index is 12.3. The van der Waals surface area contributed by atoms with Crippen molar-refractivity contribution in [1.29, 1.82) is 0 Å². The molecule has 0 saturated carbocycles. The molecule has 3 aromatic heterocycles. The van der Waals surface area contributed by atoms with Crippen molar-refractivity contribution < 1.29 is 14.4 Å². The standard InChI is InChI=1S/C12H8BrN3O4S/c1-5-8-9(15-20-5)11(17)16(14-10(8)12(18)19)4-6-2-3-7(13)21-6/h2-3H,4H2,1H3,(H,18,19). The van der Waals surface area contributed by atoms with E-state index in [1.54, 1.807) is 6.92 Å². The van der Waals surface area contributed by atoms with Crippen molar-refractivity contribution in [3.05, 3.63) is 42.6 Å². The number of hydrogen-bond acceptors (Lipinski definition) is 6. The summed E-state index contributed by atoms with van der Waals surface area (Å²) in [5.74, 6) is -0.967. The van der Waals surface area contributed by atoms with Crippen LogP contribution in [-0.2, 0) is 6.54 Å². The van der Waals surface area contributed by atoms with Crippen LogP contribution in [0.25, 0.3) is 10.9 Å². The Bertz CT molecular complexity index is 911. The summed E-state index contributed by atoms with van der Waals surface area (Å²) in [6.07, 6.45) is 0. The first-order chi connectivity index (χ1) is 9.97. The Morgan fingerprint density at radius 2 is 2.29 bits per heavy atom. The highest BCUT2D eigenvalue weighted by Gasteiger charge is 2.22. The molecular weight excluding hydrogens is 362 g/mol. The van der Waals surface area contributed by atoms with Gasteiger partial charge < -0.3 is 9.63 Å². The molecule has 0 amide bonds. The fourth-order valence-electron chi connectivity index (χ4n) is 1.98. The molecule has 3 aromatic rings. The van der Waals surface area contributed by atoms with Crippen molar-refractivity contribution in [2.75, 3.05) is 0 Å². The van der Waals surface area contributed by atoms with Crippen LogP contribution in [0, 0.1) is 6.92 Å². The lowest BCUT2D eigenvalue weighted by Gasteiger charge is -2.04. The van der Waals surface area contributed by atoms with Crippen molar-refractivity contribution in [2.24, 2.45) is 0 Å². The van der Waals surface area contributed by atoms with E-state index in [1.807, 2.05) is 12.1 Å². The van der Waals surface area contributed by atoms with Crippen molar-refractivity contribution in [3.8, 4) is 0 Å². The Morgan fingerprint density at radius 1 is 1.52 bits per heavy atom. The number of carbonyl (C=O) groups is 1. The molecule has 0 bridgehead atoms. The summed E-state index contributed by atoms with van der Waals surface area (Å²) in [7, 11) is 0. The zero-order chi connectivity index (χ0) is 15.1. The van der Waals surface area contributed by atoms with Gasteiger partial charge in [-0.3, -0.25) is 4.79 Å². The van der Waals surface area contributed by atoms with E-state index in [1.165, 1.54) is 11.3 Å². The minimum atomic E-state index is -1.23. The largest absolute Gasteiger partial charge is 0.476 e. The predicted octanol–water partition coefficient (Wildman–Crippen LogP) is 2.26. The number of carboxylic acid groups (broad SMARTS) is 1. The van der Waals surface area contributed by atoms with E-state index in [0.717, 1.165) is 13.3 Å². The summed E-state index contributed by atoms with van der Waals surface area (Å²) in [4.78, 5) is 24.5. The number of thiophene rings is 1. The van der Waals surface area contributed by atoms with Gasteiger partial charge in [0.15, 0.2) is 11.2 Å². The molecule has 0 aromatic carbocycles. The lowest BCUT2D eigenvalue weighted by molar-refractivity contribution is 0.0690. The average Bonchev–Trinajstić information content (AvgIpc) is 3.00. The van der Waals surface area contributed by atoms with E-state index in [0.29, 0.717) is 0 Å². The van der Waals surface area contributed by atoms with Crippen LogP contribution in [0.2, 0.25) is 0 Å². The summed E-state index contributed by atoms with van der Waals surface area (Å²) in [6.45, 7) is 1.72. The van der Waals surface area contributed by atoms with Gasteiger partial charge in [-0.15, -0.1) is 11.3 Å². The summed E-state index contributed by atoms with van der Waals surface area (Å²) >= 11 is 4.78. The molecule has 0 radical (unpaired) electrons. The quantitative estimate of drug-likeness (QED) is 0.760. The van der Waals surface area contributed by atoms with Crippen LogP contribution in [0.15, 0.2) is 25.2 Å². The van der Waals surface area contributed by atoms with Crippen LogP contribution in [-0.4, -0.2) is 26.0 Å². The molecule has 3 rings (SSSR count). The average molecular weight is 370 g/mol. The maximum Gasteiger partial charge on any atom is 0.357 e. The number of aryl methyl sites for hydroxylation is 1. The van der Waals surface area contributed by atoms with Crippen LogP contribution in [0.4, 0.5) is 0 Å². The zero-order valence-corrected chi connectivity index (χ0v) is 13.1. The topological polar surface area (TPSA) is 98.2 Å². The molecule has 7 nitrogen and oxygen atoms in total. The molecule has 0 saturated heterocycles. The number of halogens is 1. The highest BCUT2D eigenvalue weighted by atomic mass is 79.9. The number of hydrogen-bond donors (Lipinski definition) is 1. The van der Waals surface area contributed by atoms with Crippen LogP contribution in [0.1, 0.15) is 21.1 Å². The molecule has 21 heavy (non-hydrogen) atoms. The summed E-state index contributed by atoms with van der Waals surface area (Å²) < 4.78 is 6.93. The van der Waals surface area contributed by atoms with Gasteiger partial charge in [-0.25, -0.2) is 9.48 Å². The van der Waals surface area contributed by atoms with Crippen LogP contribution >= 0.6 is 27.3 Å². The Hall–Kier alpha value is -2.00. The second kappa shape index (κ2) is 5.08. The van der Waals surface area contributed by atoms with E-state index >= 15 is 0 Å². The maximum absolute atomic E-state index is 12.3. The second-order valence-corrected chi connectivity index (χ2v) is 6.83. The van der Waals surface area contributed by atoms with E-state index in [4.69, 9.17) is 4.52 Å². The highest BCUT2D eigenvalue weighted by Crippen LogP contribution is 2.23. The lowest BCUT2D eigenvalue weighted by Crippen LogP contribution is -2.26. The van der Waals surface area contributed by atoms with Gasteiger partial charge in [0.25, 0.3) is 5.56 Å². The third-order valence-electron chi connectivity index (χ3n) is 2.89. The van der Waals surface area contributed by atoms with Gasteiger partial charge in [-0.2, -0.15) is 5.10 Å². The molecule has 9 heteroatoms. The van der Waals surface area contributed by atoms with Crippen molar-refractivity contribution in [1.82, 2.24) is 14.9 Å². The summed E-state index contributed by atoms with van der Waals surface area (Å²) in [5.41, 5.74) is -0.731. The van der Waals surface area contributed by atoms with E-state index < -0.39 is 11.5 Å². The van der Waals surface area contributed by atoms with Gasteiger partial charge in [0.05, 0.1) is 15.7 Å². The lowest BCUT2D eigenvalue weighted by atomic mass is 10.2. The fourth-order valence-corrected chi connectivity index (χ4v) is 3.44. The first-order valence-electron chi connectivity index (χ1n) is 5.82. The molecular formula is C12H8BrN3O4S. The smallest absolute Gasteiger partial charge is 0.357 e. The van der Waals surface area contributed by atoms with Gasteiger partial charge >= 0.3 is 5.97 Å². The molecule has 0 aliphatic heterocycles. The number of nitrogens with zero attached hydrogens (tertiary/aromatic N) is 3. The first-order valence-corrected chi connectivity index (χ1v) is 7.43. The number of carboxylic acids is 1. The van der Waals surface area contributed by atoms with Crippen molar-refractivity contribution in [3.63, 3.8) is 0 Å². The second-order valence-electron chi connectivity index (χ2n) is 4.28. The van der Waals surface area contributed by atoms with Gasteiger partial charge in [0.1, 0.15) is 5.76 Å². The minimum Gasteiger partial charge on any atom is -0.476 e. The molecule has 0 atom stereocenters. The van der Waals surface area contributed by atoms with Crippen LogP contribution in [0.3, 0.4) is 0 Å². The molecule has 0 unspecified atom stereocenters. The fraction of sp³-hybridized carbons (Fsp3) is 0.167. The van der Waals surface area contributed by atoms with Gasteiger partial charge in [-0.05, 0) is 35.0 Å². The van der Waals surface area contributed by atoms with E-state index in [9.17, 15) is 14.7 Å². The number of aromatic carboxylic acids is 1. The van der Waals surface area contributed by atoms with Gasteiger partial charge in [0, 0.05) is 4.88 Å². The first kappa shape index (κ1) is 14.0. The molecule has 1 N–H and O–H groups in total. The molecule has 0 aliphatic carbocycles. The van der Waals surface area contributed by atoms with Gasteiger partial charge in [-0.1, -0.05) is 5.16 Å². The number of fused-ring (bicyclic) bond motifs is 1. The Labute approximate surface area is 129 Å². The highest BCUT2D eigenvalue weighted by molar-refractivity contribution is 9.11. The normalized spacial score (nSPS) is 11.1. The number of rotatable bonds is 3. The number of aromatic nitrogens is 3. The predicted molar refractivity (Wildman–Crippen MR) is 78.9 cm³/mol. The summed E-state index contributed by atoms with van der Waals surface area (Å²) in [5, 5.41) is 17.0. The Morgan fingerprint density at radius 3 is 2.90 bits per heavy atom. The van der Waals surface area contributed by atoms with Crippen molar-refractivity contribution in [2.45, 2.75) is 13.5 Å². The van der Waals surface area contributed by atoms with E-state index in [-0.39, 0.29) is 28.9 Å². The van der Waals surface area contributed by atoms with E-state index in [2.05, 4.69) is 26.2 Å². The molecule has 0 fully saturated rings. The Kier molecular flexibility index (Phi) is 3.38. The Balaban J connectivity index is 2.21. The zero-order valence-electron chi connectivity index (χ0n) is 10.7. The third-order valence-corrected chi connectivity index (χ3v) is 4.50. The minimum absolute atomic E-state index is 0.0180. The molecule has 108 valence electrons. The van der Waals surface area contributed by atoms with Crippen LogP contribution < -0.4 is 5.56 Å². The SMILES string of the molecule is Cc1onc2c(=O)n(Cc3ccc(Br)s3)nc(C(=O)O)c12. The van der Waals surface area contributed by atoms with Crippen molar-refractivity contribution >= 4 is 44.1 Å². The van der Waals surface area contributed by atoms with Crippen LogP contribution in [0.5, 0.6) is 0 Å². The third kappa shape index (κ3) is 2.38. The molecule has 3 heterocycles. The monoisotopic (exact) mass is 369 g/mol. The summed E-state index contributed by atoms with van der Waals surface area (Å²) in [6, 6.07) is 3.68. The molecule has 0 spiro atoms. The molecule has 0 aliphatic rings. The van der Waals surface area contributed by atoms with Gasteiger partial charge in [0.2, 0.25) is 0 Å².